The van der Waals surface area contributed by atoms with Crippen LogP contribution in [0.4, 0.5) is 0 Å². The maximum absolute atomic E-state index is 11.9. The van der Waals surface area contributed by atoms with Crippen molar-refractivity contribution in [3.8, 4) is 17.2 Å². The minimum atomic E-state index is -0.349. The van der Waals surface area contributed by atoms with Crippen LogP contribution in [0.3, 0.4) is 0 Å². The lowest BCUT2D eigenvalue weighted by atomic mass is 10.1. The van der Waals surface area contributed by atoms with E-state index in [4.69, 9.17) is 9.84 Å². The van der Waals surface area contributed by atoms with Crippen molar-refractivity contribution < 1.29 is 19.7 Å². The first-order chi connectivity index (χ1) is 9.06. The highest BCUT2D eigenvalue weighted by Gasteiger charge is 2.12. The number of carbonyl (C=O) groups excluding carboxylic acids is 1. The maximum atomic E-state index is 11.9. The highest BCUT2D eigenvalue weighted by molar-refractivity contribution is 5.99. The normalized spacial score (nSPS) is 10.2. The van der Waals surface area contributed by atoms with Crippen molar-refractivity contribution in [3.63, 3.8) is 0 Å². The number of benzene rings is 2. The molecule has 2 aromatic carbocycles. The Morgan fingerprint density at radius 3 is 2.42 bits per heavy atom. The van der Waals surface area contributed by atoms with Crippen molar-refractivity contribution in [2.24, 2.45) is 0 Å². The van der Waals surface area contributed by atoms with E-state index < -0.39 is 0 Å². The maximum Gasteiger partial charge on any atom is 0.203 e. The Labute approximate surface area is 110 Å². The lowest BCUT2D eigenvalue weighted by molar-refractivity contribution is 0.0919. The van der Waals surface area contributed by atoms with Crippen molar-refractivity contribution in [2.75, 3.05) is 6.61 Å². The first-order valence-corrected chi connectivity index (χ1v) is 5.81. The van der Waals surface area contributed by atoms with Gasteiger partial charge in [0.25, 0.3) is 0 Å². The molecule has 0 bridgehead atoms. The van der Waals surface area contributed by atoms with Gasteiger partial charge in [0.15, 0.2) is 6.61 Å². The standard InChI is InChI=1S/C15H14O4/c1-10-2-5-12(6-3-10)19-9-15(18)13-7-4-11(16)8-14(13)17/h2-8,16-17H,9H2,1H3. The second kappa shape index (κ2) is 5.44. The Morgan fingerprint density at radius 2 is 1.79 bits per heavy atom. The van der Waals surface area contributed by atoms with E-state index in [1.807, 2.05) is 19.1 Å². The van der Waals surface area contributed by atoms with Gasteiger partial charge in [0.2, 0.25) is 5.78 Å². The zero-order valence-corrected chi connectivity index (χ0v) is 10.5. The van der Waals surface area contributed by atoms with Crippen LogP contribution in [0.1, 0.15) is 15.9 Å². The van der Waals surface area contributed by atoms with Gasteiger partial charge in [0.1, 0.15) is 17.2 Å². The summed E-state index contributed by atoms with van der Waals surface area (Å²) in [4.78, 5) is 11.9. The Hall–Kier alpha value is -2.49. The molecule has 4 heteroatoms. The molecular weight excluding hydrogens is 244 g/mol. The van der Waals surface area contributed by atoms with E-state index in [2.05, 4.69) is 0 Å². The van der Waals surface area contributed by atoms with Crippen molar-refractivity contribution in [3.05, 3.63) is 53.6 Å². The minimum Gasteiger partial charge on any atom is -0.508 e. The topological polar surface area (TPSA) is 66.8 Å². The largest absolute Gasteiger partial charge is 0.508 e. The molecule has 0 radical (unpaired) electrons. The number of aryl methyl sites for hydroxylation is 1. The summed E-state index contributed by atoms with van der Waals surface area (Å²) < 4.78 is 5.34. The molecule has 0 amide bonds. The van der Waals surface area contributed by atoms with Crippen LogP contribution in [0.15, 0.2) is 42.5 Å². The molecule has 0 aliphatic rings. The van der Waals surface area contributed by atoms with E-state index in [1.165, 1.54) is 12.1 Å². The predicted octanol–water partition coefficient (Wildman–Crippen LogP) is 2.67. The van der Waals surface area contributed by atoms with Crippen molar-refractivity contribution in [1.29, 1.82) is 0 Å². The molecular formula is C15H14O4. The van der Waals surface area contributed by atoms with Gasteiger partial charge in [0, 0.05) is 6.07 Å². The van der Waals surface area contributed by atoms with Crippen LogP contribution in [0.5, 0.6) is 17.2 Å². The molecule has 0 unspecified atom stereocenters. The Morgan fingerprint density at radius 1 is 1.11 bits per heavy atom. The molecule has 98 valence electrons. The van der Waals surface area contributed by atoms with Crippen molar-refractivity contribution in [2.45, 2.75) is 6.92 Å². The minimum absolute atomic E-state index is 0.0893. The fourth-order valence-electron chi connectivity index (χ4n) is 1.62. The third-order valence-electron chi connectivity index (χ3n) is 2.67. The lowest BCUT2D eigenvalue weighted by Gasteiger charge is -2.07. The van der Waals surface area contributed by atoms with Crippen LogP contribution >= 0.6 is 0 Å². The van der Waals surface area contributed by atoms with Crippen LogP contribution in [0.2, 0.25) is 0 Å². The summed E-state index contributed by atoms with van der Waals surface area (Å²) in [7, 11) is 0. The second-order valence-corrected chi connectivity index (χ2v) is 4.23. The van der Waals surface area contributed by atoms with Gasteiger partial charge < -0.3 is 14.9 Å². The van der Waals surface area contributed by atoms with Crippen LogP contribution < -0.4 is 4.74 Å². The molecule has 0 spiro atoms. The fraction of sp³-hybridized carbons (Fsp3) is 0.133. The summed E-state index contributed by atoms with van der Waals surface area (Å²) in [5, 5.41) is 18.7. The summed E-state index contributed by atoms with van der Waals surface area (Å²) in [6.45, 7) is 1.80. The van der Waals surface area contributed by atoms with Crippen LogP contribution in [-0.2, 0) is 0 Å². The number of hydrogen-bond acceptors (Lipinski definition) is 4. The van der Waals surface area contributed by atoms with Crippen molar-refractivity contribution in [1.82, 2.24) is 0 Å². The Bertz CT molecular complexity index is 588. The molecule has 0 saturated carbocycles. The SMILES string of the molecule is Cc1ccc(OCC(=O)c2ccc(O)cc2O)cc1. The van der Waals surface area contributed by atoms with Gasteiger partial charge >= 0.3 is 0 Å². The van der Waals surface area contributed by atoms with Crippen molar-refractivity contribution >= 4 is 5.78 Å². The monoisotopic (exact) mass is 258 g/mol. The summed E-state index contributed by atoms with van der Waals surface area (Å²) in [5.74, 6) is -0.0960. The molecule has 4 nitrogen and oxygen atoms in total. The molecule has 0 aliphatic heterocycles. The summed E-state index contributed by atoms with van der Waals surface area (Å²) in [5.41, 5.74) is 1.24. The van der Waals surface area contributed by atoms with E-state index in [0.717, 1.165) is 11.6 Å². The van der Waals surface area contributed by atoms with Gasteiger partial charge in [-0.2, -0.15) is 0 Å². The highest BCUT2D eigenvalue weighted by atomic mass is 16.5. The third kappa shape index (κ3) is 3.25. The first kappa shape index (κ1) is 13.0. The molecule has 0 aliphatic carbocycles. The zero-order chi connectivity index (χ0) is 13.8. The van der Waals surface area contributed by atoms with E-state index >= 15 is 0 Å². The number of aromatic hydroxyl groups is 2. The average molecular weight is 258 g/mol. The zero-order valence-electron chi connectivity index (χ0n) is 10.5. The van der Waals surface area contributed by atoms with Crippen LogP contribution in [-0.4, -0.2) is 22.6 Å². The highest BCUT2D eigenvalue weighted by Crippen LogP contribution is 2.23. The number of phenols is 2. The summed E-state index contributed by atoms with van der Waals surface area (Å²) in [6, 6.07) is 11.2. The molecule has 2 rings (SSSR count). The average Bonchev–Trinajstić information content (AvgIpc) is 2.37. The molecule has 0 aromatic heterocycles. The van der Waals surface area contributed by atoms with E-state index in [0.29, 0.717) is 5.75 Å². The molecule has 0 fully saturated rings. The van der Waals surface area contributed by atoms with Gasteiger partial charge in [-0.05, 0) is 31.2 Å². The summed E-state index contributed by atoms with van der Waals surface area (Å²) in [6.07, 6.45) is 0. The van der Waals surface area contributed by atoms with Gasteiger partial charge in [-0.15, -0.1) is 0 Å². The molecule has 2 aromatic rings. The second-order valence-electron chi connectivity index (χ2n) is 4.23. The number of rotatable bonds is 4. The lowest BCUT2D eigenvalue weighted by Crippen LogP contribution is -2.11. The third-order valence-corrected chi connectivity index (χ3v) is 2.67. The van der Waals surface area contributed by atoms with Gasteiger partial charge in [0.05, 0.1) is 5.56 Å². The number of Topliss-reactive ketones (excluding diaryl/α,β-unsaturated/α-hetero) is 1. The fourth-order valence-corrected chi connectivity index (χ4v) is 1.62. The Kier molecular flexibility index (Phi) is 3.71. The molecule has 0 saturated heterocycles. The van der Waals surface area contributed by atoms with E-state index in [1.54, 1.807) is 12.1 Å². The molecule has 2 N–H and O–H groups in total. The number of ketones is 1. The number of carbonyl (C=O) groups is 1. The predicted molar refractivity (Wildman–Crippen MR) is 70.8 cm³/mol. The Balaban J connectivity index is 2.03. The number of hydrogen-bond donors (Lipinski definition) is 2. The van der Waals surface area contributed by atoms with Crippen LogP contribution in [0.25, 0.3) is 0 Å². The first-order valence-electron chi connectivity index (χ1n) is 5.81. The summed E-state index contributed by atoms with van der Waals surface area (Å²) >= 11 is 0. The smallest absolute Gasteiger partial charge is 0.203 e. The van der Waals surface area contributed by atoms with E-state index in [-0.39, 0.29) is 29.5 Å². The van der Waals surface area contributed by atoms with Gasteiger partial charge in [-0.3, -0.25) is 4.79 Å². The molecule has 19 heavy (non-hydrogen) atoms. The quantitative estimate of drug-likeness (QED) is 0.827. The number of ether oxygens (including phenoxy) is 1. The number of phenolic OH excluding ortho intramolecular Hbond substituents is 2. The van der Waals surface area contributed by atoms with Crippen LogP contribution in [0, 0.1) is 6.92 Å². The van der Waals surface area contributed by atoms with Gasteiger partial charge in [-0.25, -0.2) is 0 Å². The van der Waals surface area contributed by atoms with Gasteiger partial charge in [-0.1, -0.05) is 17.7 Å². The van der Waals surface area contributed by atoms with E-state index in [9.17, 15) is 9.90 Å². The molecule has 0 heterocycles. The molecule has 0 atom stereocenters.